The molecule has 11 heteroatoms. The molecule has 2 saturated heterocycles. The molecule has 6 aromatic rings. The number of halogens is 2. The molecule has 0 unspecified atom stereocenters. The lowest BCUT2D eigenvalue weighted by Crippen LogP contribution is -2.41. The van der Waals surface area contributed by atoms with Crippen LogP contribution in [0.25, 0.3) is 22.3 Å². The van der Waals surface area contributed by atoms with Crippen LogP contribution in [0.4, 0.5) is 0 Å². The quantitative estimate of drug-likeness (QED) is 0.148. The minimum Gasteiger partial charge on any atom is -0.480 e. The molecule has 2 fully saturated rings. The highest BCUT2D eigenvalue weighted by molar-refractivity contribution is 6.31. The maximum atomic E-state index is 13.4. The van der Waals surface area contributed by atoms with E-state index in [4.69, 9.17) is 23.2 Å². The monoisotopic (exact) mass is 867 g/mol. The van der Waals surface area contributed by atoms with Gasteiger partial charge in [-0.1, -0.05) is 121 Å². The van der Waals surface area contributed by atoms with Crippen LogP contribution in [-0.2, 0) is 16.0 Å². The molecule has 3 heterocycles. The van der Waals surface area contributed by atoms with Crippen LogP contribution in [0.15, 0.2) is 133 Å². The molecular formula is C51H47Cl2N3O6. The van der Waals surface area contributed by atoms with Crippen molar-refractivity contribution in [1.29, 1.82) is 0 Å². The number of hydrogen-bond acceptors (Lipinski definition) is 5. The molecule has 5 aromatic carbocycles. The topological polar surface area (TPSA) is 128 Å². The molecule has 1 aromatic heterocycles. The fraction of sp³-hybridized carbons (Fsp3) is 0.235. The van der Waals surface area contributed by atoms with Crippen molar-refractivity contribution in [2.45, 2.75) is 77.0 Å². The van der Waals surface area contributed by atoms with Gasteiger partial charge in [-0.3, -0.25) is 14.6 Å². The summed E-state index contributed by atoms with van der Waals surface area (Å²) >= 11 is 12.8. The number of nitrogens with zero attached hydrogens (tertiary/aromatic N) is 3. The number of carbonyl (C=O) groups excluding carboxylic acids is 2. The van der Waals surface area contributed by atoms with Gasteiger partial charge in [0.2, 0.25) is 0 Å². The summed E-state index contributed by atoms with van der Waals surface area (Å²) in [6.45, 7) is 6.02. The standard InChI is InChI=1S/C26H24ClNO3.C25H23ClN2O3/c1-2-17-7-3-4-8-20(17)18-11-13-19(14-12-18)25(29)28-23(15-16-24(28)26(30)31)21-9-5-6-10-22(21)27;1-15-7-12-19(16(2)27-15)17-8-10-18(11-9-17)24(29)28-22(13-14-23(28)25(30)31)20-5-3-4-6-21(20)26/h3-14,23-24H,2,15-16H2,1H3,(H,30,31);3-12,22-23H,13-14H2,1-2H3,(H,30,31)/t23-,24+;22-,23+/m11/s1. The minimum absolute atomic E-state index is 0.287. The third-order valence-corrected chi connectivity index (χ3v) is 12.5. The predicted molar refractivity (Wildman–Crippen MR) is 242 cm³/mol. The van der Waals surface area contributed by atoms with E-state index in [9.17, 15) is 29.4 Å². The number of amides is 2. The maximum absolute atomic E-state index is 13.4. The van der Waals surface area contributed by atoms with Crippen LogP contribution >= 0.6 is 23.2 Å². The molecule has 2 N–H and O–H groups in total. The number of aromatic nitrogens is 1. The molecule has 2 aliphatic heterocycles. The fourth-order valence-electron chi connectivity index (χ4n) is 8.76. The normalized spacial score (nSPS) is 18.2. The maximum Gasteiger partial charge on any atom is 0.326 e. The third kappa shape index (κ3) is 9.15. The van der Waals surface area contributed by atoms with Crippen molar-refractivity contribution < 1.29 is 29.4 Å². The second-order valence-corrected chi connectivity index (χ2v) is 16.4. The van der Waals surface area contributed by atoms with Gasteiger partial charge >= 0.3 is 11.9 Å². The highest BCUT2D eigenvalue weighted by Gasteiger charge is 2.44. The number of benzene rings is 5. The Bertz CT molecular complexity index is 2610. The molecule has 8 rings (SSSR count). The predicted octanol–water partition coefficient (Wildman–Crippen LogP) is 11.4. The van der Waals surface area contributed by atoms with Gasteiger partial charge in [0.05, 0.1) is 12.1 Å². The summed E-state index contributed by atoms with van der Waals surface area (Å²) in [7, 11) is 0. The summed E-state index contributed by atoms with van der Waals surface area (Å²) in [5.41, 5.74) is 9.74. The first-order valence-corrected chi connectivity index (χ1v) is 21.5. The van der Waals surface area contributed by atoms with Crippen molar-refractivity contribution in [3.8, 4) is 22.3 Å². The zero-order chi connectivity index (χ0) is 44.1. The smallest absolute Gasteiger partial charge is 0.326 e. The van der Waals surface area contributed by atoms with Crippen LogP contribution in [0.1, 0.15) is 93.5 Å². The van der Waals surface area contributed by atoms with Gasteiger partial charge in [-0.15, -0.1) is 0 Å². The van der Waals surface area contributed by atoms with Crippen molar-refractivity contribution in [3.05, 3.63) is 183 Å². The molecule has 0 saturated carbocycles. The second kappa shape index (κ2) is 19.2. The van der Waals surface area contributed by atoms with E-state index in [1.165, 1.54) is 15.4 Å². The highest BCUT2D eigenvalue weighted by atomic mass is 35.5. The van der Waals surface area contributed by atoms with Crippen molar-refractivity contribution >= 4 is 47.0 Å². The van der Waals surface area contributed by atoms with Gasteiger partial charge in [-0.25, -0.2) is 9.59 Å². The number of carboxylic acid groups (broad SMARTS) is 2. The lowest BCUT2D eigenvalue weighted by molar-refractivity contribution is -0.142. The number of aliphatic carboxylic acids is 2. The number of hydrogen-bond donors (Lipinski definition) is 2. The van der Waals surface area contributed by atoms with Gasteiger partial charge in [0.15, 0.2) is 0 Å². The molecule has 9 nitrogen and oxygen atoms in total. The Kier molecular flexibility index (Phi) is 13.5. The van der Waals surface area contributed by atoms with Crippen molar-refractivity contribution in [1.82, 2.24) is 14.8 Å². The SMILES string of the molecule is CCc1ccccc1-c1ccc(C(=O)N2[C@@H](c3ccccc3Cl)CC[C@H]2C(=O)O)cc1.Cc1ccc(-c2ccc(C(=O)N3[C@@H](c4ccccc4Cl)CC[C@H]3C(=O)O)cc2)c(C)n1. The molecule has 316 valence electrons. The molecule has 62 heavy (non-hydrogen) atoms. The highest BCUT2D eigenvalue weighted by Crippen LogP contribution is 2.42. The number of rotatable bonds is 9. The zero-order valence-corrected chi connectivity index (χ0v) is 36.2. The summed E-state index contributed by atoms with van der Waals surface area (Å²) in [5.74, 6) is -2.58. The fourth-order valence-corrected chi connectivity index (χ4v) is 9.28. The van der Waals surface area contributed by atoms with Crippen LogP contribution < -0.4 is 0 Å². The van der Waals surface area contributed by atoms with E-state index in [-0.39, 0.29) is 23.9 Å². The van der Waals surface area contributed by atoms with Crippen LogP contribution in [0.3, 0.4) is 0 Å². The van der Waals surface area contributed by atoms with E-state index >= 15 is 0 Å². The van der Waals surface area contributed by atoms with Crippen LogP contribution in [0.2, 0.25) is 10.0 Å². The van der Waals surface area contributed by atoms with Crippen LogP contribution in [0.5, 0.6) is 0 Å². The molecule has 4 atom stereocenters. The summed E-state index contributed by atoms with van der Waals surface area (Å²) in [4.78, 5) is 58.1. The van der Waals surface area contributed by atoms with E-state index in [1.54, 1.807) is 36.4 Å². The van der Waals surface area contributed by atoms with Crippen molar-refractivity contribution in [3.63, 3.8) is 0 Å². The summed E-state index contributed by atoms with van der Waals surface area (Å²) < 4.78 is 0. The second-order valence-electron chi connectivity index (χ2n) is 15.6. The average Bonchev–Trinajstić information content (AvgIpc) is 3.93. The number of carboxylic acids is 2. The molecule has 0 aliphatic carbocycles. The molecule has 0 bridgehead atoms. The molecule has 2 amide bonds. The number of pyridine rings is 1. The number of carbonyl (C=O) groups is 4. The van der Waals surface area contributed by atoms with Gasteiger partial charge in [0.25, 0.3) is 11.8 Å². The summed E-state index contributed by atoms with van der Waals surface area (Å²) in [5, 5.41) is 20.5. The van der Waals surface area contributed by atoms with Gasteiger partial charge < -0.3 is 20.0 Å². The minimum atomic E-state index is -0.999. The van der Waals surface area contributed by atoms with Gasteiger partial charge in [0.1, 0.15) is 12.1 Å². The lowest BCUT2D eigenvalue weighted by atomic mass is 9.97. The van der Waals surface area contributed by atoms with Crippen molar-refractivity contribution in [2.75, 3.05) is 0 Å². The largest absolute Gasteiger partial charge is 0.480 e. The Labute approximate surface area is 371 Å². The van der Waals surface area contributed by atoms with Crippen LogP contribution in [0, 0.1) is 13.8 Å². The zero-order valence-electron chi connectivity index (χ0n) is 34.7. The Morgan fingerprint density at radius 2 is 1.00 bits per heavy atom. The van der Waals surface area contributed by atoms with Gasteiger partial charge in [0, 0.05) is 38.1 Å². The molecule has 0 radical (unpaired) electrons. The van der Waals surface area contributed by atoms with E-state index in [0.29, 0.717) is 46.9 Å². The van der Waals surface area contributed by atoms with E-state index in [1.807, 2.05) is 98.8 Å². The number of aryl methyl sites for hydroxylation is 3. The van der Waals surface area contributed by atoms with E-state index in [2.05, 4.69) is 24.0 Å². The Morgan fingerprint density at radius 1 is 0.565 bits per heavy atom. The third-order valence-electron chi connectivity index (χ3n) is 11.8. The molecule has 2 aliphatic rings. The summed E-state index contributed by atoms with van der Waals surface area (Å²) in [6.07, 6.45) is 2.83. The number of likely N-dealkylation sites (tertiary alicyclic amines) is 2. The Balaban J connectivity index is 0.000000186. The molecular weight excluding hydrogens is 821 g/mol. The average molecular weight is 869 g/mol. The summed E-state index contributed by atoms with van der Waals surface area (Å²) in [6, 6.07) is 39.0. The Hall–Kier alpha value is -6.29. The first kappa shape index (κ1) is 43.8. The first-order valence-electron chi connectivity index (χ1n) is 20.7. The van der Waals surface area contributed by atoms with Gasteiger partial charge in [-0.2, -0.15) is 0 Å². The first-order chi connectivity index (χ1) is 29.9. The van der Waals surface area contributed by atoms with E-state index < -0.39 is 24.0 Å². The van der Waals surface area contributed by atoms with E-state index in [0.717, 1.165) is 51.2 Å². The van der Waals surface area contributed by atoms with Gasteiger partial charge in [-0.05, 0) is 122 Å². The van der Waals surface area contributed by atoms with Crippen LogP contribution in [-0.4, -0.2) is 60.8 Å². The van der Waals surface area contributed by atoms with Crippen molar-refractivity contribution in [2.24, 2.45) is 0 Å². The Morgan fingerprint density at radius 3 is 1.44 bits per heavy atom. The lowest BCUT2D eigenvalue weighted by Gasteiger charge is -2.29. The molecule has 0 spiro atoms.